The molecule has 0 spiro atoms. The van der Waals surface area contributed by atoms with Crippen molar-refractivity contribution in [1.29, 1.82) is 0 Å². The predicted molar refractivity (Wildman–Crippen MR) is 79.1 cm³/mol. The quantitative estimate of drug-likeness (QED) is 0.731. The molecule has 4 N–H and O–H groups in total. The van der Waals surface area contributed by atoms with Crippen molar-refractivity contribution in [3.8, 4) is 0 Å². The first-order valence-electron chi connectivity index (χ1n) is 6.52. The van der Waals surface area contributed by atoms with Crippen LogP contribution in [0.2, 0.25) is 0 Å². The van der Waals surface area contributed by atoms with Crippen LogP contribution in [0, 0.1) is 0 Å². The molecule has 1 aromatic rings. The van der Waals surface area contributed by atoms with Gasteiger partial charge in [-0.15, -0.1) is 0 Å². The van der Waals surface area contributed by atoms with Gasteiger partial charge in [0.15, 0.2) is 0 Å². The van der Waals surface area contributed by atoms with Crippen LogP contribution in [0.4, 0.5) is 10.5 Å². The number of hydrogen-bond acceptors (Lipinski definition) is 3. The number of carbonyl (C=O) groups is 1. The summed E-state index contributed by atoms with van der Waals surface area (Å²) in [6.45, 7) is 3.46. The van der Waals surface area contributed by atoms with Crippen molar-refractivity contribution in [2.24, 2.45) is 5.73 Å². The zero-order valence-electron chi connectivity index (χ0n) is 11.9. The van der Waals surface area contributed by atoms with Crippen LogP contribution in [0.1, 0.15) is 18.9 Å². The second-order valence-electron chi connectivity index (χ2n) is 4.99. The summed E-state index contributed by atoms with van der Waals surface area (Å²) in [6, 6.07) is 7.49. The minimum atomic E-state index is -0.174. The number of nitrogens with one attached hydrogen (secondary N) is 2. The van der Waals surface area contributed by atoms with E-state index in [1.54, 1.807) is 0 Å². The topological polar surface area (TPSA) is 70.4 Å². The maximum Gasteiger partial charge on any atom is 0.319 e. The van der Waals surface area contributed by atoms with Gasteiger partial charge in [-0.2, -0.15) is 0 Å². The average molecular weight is 264 g/mol. The lowest BCUT2D eigenvalue weighted by Crippen LogP contribution is -2.37. The molecule has 0 saturated carbocycles. The molecule has 0 heterocycles. The second-order valence-corrected chi connectivity index (χ2v) is 4.99. The third-order valence-electron chi connectivity index (χ3n) is 2.83. The predicted octanol–water partition coefficient (Wildman–Crippen LogP) is 1.61. The first-order valence-corrected chi connectivity index (χ1v) is 6.52. The van der Waals surface area contributed by atoms with Crippen LogP contribution in [0.5, 0.6) is 0 Å². The lowest BCUT2D eigenvalue weighted by atomic mass is 10.2. The maximum atomic E-state index is 11.8. The van der Waals surface area contributed by atoms with Crippen LogP contribution >= 0.6 is 0 Å². The smallest absolute Gasteiger partial charge is 0.319 e. The van der Waals surface area contributed by atoms with Crippen LogP contribution in [-0.2, 0) is 6.54 Å². The fourth-order valence-corrected chi connectivity index (χ4v) is 1.64. The van der Waals surface area contributed by atoms with Crippen LogP contribution in [0.3, 0.4) is 0 Å². The Hall–Kier alpha value is -1.59. The Morgan fingerprint density at radius 3 is 2.47 bits per heavy atom. The van der Waals surface area contributed by atoms with Crippen molar-refractivity contribution in [3.63, 3.8) is 0 Å². The molecule has 0 aliphatic rings. The van der Waals surface area contributed by atoms with E-state index in [0.717, 1.165) is 24.2 Å². The van der Waals surface area contributed by atoms with Gasteiger partial charge in [-0.1, -0.05) is 12.1 Å². The van der Waals surface area contributed by atoms with Crippen LogP contribution in [0.15, 0.2) is 24.3 Å². The van der Waals surface area contributed by atoms with Gasteiger partial charge in [0.05, 0.1) is 0 Å². The highest BCUT2D eigenvalue weighted by Crippen LogP contribution is 2.08. The van der Waals surface area contributed by atoms with Gasteiger partial charge in [0.1, 0.15) is 0 Å². The summed E-state index contributed by atoms with van der Waals surface area (Å²) < 4.78 is 0. The summed E-state index contributed by atoms with van der Waals surface area (Å²) in [4.78, 5) is 13.9. The Bertz CT molecular complexity index is 389. The fraction of sp³-hybridized carbons (Fsp3) is 0.500. The van der Waals surface area contributed by atoms with E-state index in [4.69, 9.17) is 5.73 Å². The molecule has 0 radical (unpaired) electrons. The van der Waals surface area contributed by atoms with Gasteiger partial charge in [0, 0.05) is 18.3 Å². The Balaban J connectivity index is 2.37. The fourth-order valence-electron chi connectivity index (χ4n) is 1.64. The summed E-state index contributed by atoms with van der Waals surface area (Å²) in [5.74, 6) is 0. The van der Waals surface area contributed by atoms with Crippen molar-refractivity contribution in [2.75, 3.05) is 26.0 Å². The number of anilines is 1. The highest BCUT2D eigenvalue weighted by Gasteiger charge is 2.07. The monoisotopic (exact) mass is 264 g/mol. The highest BCUT2D eigenvalue weighted by molar-refractivity contribution is 5.89. The van der Waals surface area contributed by atoms with Crippen molar-refractivity contribution < 1.29 is 4.79 Å². The van der Waals surface area contributed by atoms with Gasteiger partial charge in [-0.25, -0.2) is 4.79 Å². The van der Waals surface area contributed by atoms with Gasteiger partial charge in [0.2, 0.25) is 0 Å². The SMILES string of the molecule is CC(CCN(C)C)NC(=O)Nc1ccc(CN)cc1. The molecule has 0 aliphatic carbocycles. The van der Waals surface area contributed by atoms with Crippen molar-refractivity contribution in [2.45, 2.75) is 25.9 Å². The number of nitrogens with zero attached hydrogens (tertiary/aromatic N) is 1. The Morgan fingerprint density at radius 2 is 1.95 bits per heavy atom. The molecule has 2 amide bonds. The largest absolute Gasteiger partial charge is 0.335 e. The minimum Gasteiger partial charge on any atom is -0.335 e. The van der Waals surface area contributed by atoms with E-state index in [-0.39, 0.29) is 12.1 Å². The van der Waals surface area contributed by atoms with E-state index in [1.165, 1.54) is 0 Å². The van der Waals surface area contributed by atoms with E-state index >= 15 is 0 Å². The highest BCUT2D eigenvalue weighted by atomic mass is 16.2. The normalized spacial score (nSPS) is 12.3. The molecule has 1 atom stereocenters. The van der Waals surface area contributed by atoms with E-state index < -0.39 is 0 Å². The summed E-state index contributed by atoms with van der Waals surface area (Å²) >= 11 is 0. The lowest BCUT2D eigenvalue weighted by Gasteiger charge is -2.17. The van der Waals surface area contributed by atoms with Gasteiger partial charge >= 0.3 is 6.03 Å². The van der Waals surface area contributed by atoms with Crippen LogP contribution in [0.25, 0.3) is 0 Å². The molecule has 0 fully saturated rings. The summed E-state index contributed by atoms with van der Waals surface area (Å²) in [5, 5.41) is 5.72. The van der Waals surface area contributed by atoms with Crippen molar-refractivity contribution in [3.05, 3.63) is 29.8 Å². The second kappa shape index (κ2) is 7.76. The molecule has 0 bridgehead atoms. The molecule has 1 unspecified atom stereocenters. The molecule has 0 aliphatic heterocycles. The van der Waals surface area contributed by atoms with E-state index in [1.807, 2.05) is 45.3 Å². The molecule has 5 heteroatoms. The number of amides is 2. The molecular weight excluding hydrogens is 240 g/mol. The summed E-state index contributed by atoms with van der Waals surface area (Å²) in [6.07, 6.45) is 0.923. The van der Waals surface area contributed by atoms with Gasteiger partial charge < -0.3 is 21.3 Å². The summed E-state index contributed by atoms with van der Waals surface area (Å²) in [7, 11) is 4.04. The third-order valence-corrected chi connectivity index (χ3v) is 2.83. The number of benzene rings is 1. The van der Waals surface area contributed by atoms with E-state index in [2.05, 4.69) is 15.5 Å². The number of rotatable bonds is 6. The van der Waals surface area contributed by atoms with E-state index in [0.29, 0.717) is 6.54 Å². The first-order chi connectivity index (χ1) is 9.01. The average Bonchev–Trinajstić information content (AvgIpc) is 2.37. The zero-order valence-corrected chi connectivity index (χ0v) is 11.9. The van der Waals surface area contributed by atoms with Crippen LogP contribution in [-0.4, -0.2) is 37.6 Å². The van der Waals surface area contributed by atoms with Gasteiger partial charge in [-0.3, -0.25) is 0 Å². The molecular formula is C14H24N4O. The maximum absolute atomic E-state index is 11.8. The Labute approximate surface area is 115 Å². The Morgan fingerprint density at radius 1 is 1.32 bits per heavy atom. The first kappa shape index (κ1) is 15.5. The Kier molecular flexibility index (Phi) is 6.32. The lowest BCUT2D eigenvalue weighted by molar-refractivity contribution is 0.247. The molecule has 1 rings (SSSR count). The molecule has 19 heavy (non-hydrogen) atoms. The molecule has 0 saturated heterocycles. The zero-order chi connectivity index (χ0) is 14.3. The minimum absolute atomic E-state index is 0.144. The van der Waals surface area contributed by atoms with E-state index in [9.17, 15) is 4.79 Å². The number of urea groups is 1. The number of hydrogen-bond donors (Lipinski definition) is 3. The number of carbonyl (C=O) groups excluding carboxylic acids is 1. The standard InChI is InChI=1S/C14H24N4O/c1-11(8-9-18(2)3)16-14(19)17-13-6-4-12(10-15)5-7-13/h4-7,11H,8-10,15H2,1-3H3,(H2,16,17,19). The van der Waals surface area contributed by atoms with Gasteiger partial charge in [0.25, 0.3) is 0 Å². The summed E-state index contributed by atoms with van der Waals surface area (Å²) in [5.41, 5.74) is 7.34. The van der Waals surface area contributed by atoms with Gasteiger partial charge in [-0.05, 0) is 51.7 Å². The van der Waals surface area contributed by atoms with Crippen LogP contribution < -0.4 is 16.4 Å². The molecule has 0 aromatic heterocycles. The number of nitrogens with two attached hydrogens (primary N) is 1. The van der Waals surface area contributed by atoms with Crippen molar-refractivity contribution >= 4 is 11.7 Å². The molecule has 5 nitrogen and oxygen atoms in total. The molecule has 106 valence electrons. The molecule has 1 aromatic carbocycles. The third kappa shape index (κ3) is 6.22. The van der Waals surface area contributed by atoms with Crippen molar-refractivity contribution in [1.82, 2.24) is 10.2 Å².